The fraction of sp³-hybridized carbons (Fsp3) is 0.571. The Morgan fingerprint density at radius 3 is 2.60 bits per heavy atom. The molecule has 1 amide bonds. The van der Waals surface area contributed by atoms with Crippen LogP contribution in [0.2, 0.25) is 0 Å². The number of aromatic nitrogens is 1. The number of rotatable bonds is 6. The zero-order chi connectivity index (χ0) is 15.3. The molecule has 6 nitrogen and oxygen atoms in total. The lowest BCUT2D eigenvalue weighted by Crippen LogP contribution is -2.33. The first-order chi connectivity index (χ1) is 9.42. The van der Waals surface area contributed by atoms with E-state index in [2.05, 4.69) is 10.3 Å². The zero-order valence-corrected chi connectivity index (χ0v) is 12.8. The molecule has 3 N–H and O–H groups in total. The number of nitrogens with one attached hydrogen (secondary N) is 1. The SMILES string of the molecule is COc1nccc(N(C)C)c1NC(=O)C(CN)C(C)C. The van der Waals surface area contributed by atoms with Crippen LogP contribution in [-0.4, -0.2) is 38.6 Å². The molecular weight excluding hydrogens is 256 g/mol. The summed E-state index contributed by atoms with van der Waals surface area (Å²) in [6, 6.07) is 1.82. The van der Waals surface area contributed by atoms with Gasteiger partial charge in [0.15, 0.2) is 0 Å². The maximum absolute atomic E-state index is 12.3. The summed E-state index contributed by atoms with van der Waals surface area (Å²) >= 11 is 0. The van der Waals surface area contributed by atoms with Gasteiger partial charge in [-0.25, -0.2) is 4.98 Å². The average molecular weight is 280 g/mol. The number of nitrogens with two attached hydrogens (primary N) is 1. The van der Waals surface area contributed by atoms with E-state index in [4.69, 9.17) is 10.5 Å². The number of amides is 1. The van der Waals surface area contributed by atoms with Crippen LogP contribution in [0.3, 0.4) is 0 Å². The third-order valence-electron chi connectivity index (χ3n) is 3.21. The molecule has 0 aliphatic carbocycles. The van der Waals surface area contributed by atoms with Crippen molar-refractivity contribution < 1.29 is 9.53 Å². The number of methoxy groups -OCH3 is 1. The molecule has 112 valence electrons. The van der Waals surface area contributed by atoms with Crippen molar-refractivity contribution in [1.29, 1.82) is 0 Å². The van der Waals surface area contributed by atoms with Crippen molar-refractivity contribution in [3.63, 3.8) is 0 Å². The molecule has 0 aliphatic rings. The minimum Gasteiger partial charge on any atom is -0.479 e. The molecule has 20 heavy (non-hydrogen) atoms. The van der Waals surface area contributed by atoms with Crippen molar-refractivity contribution in [2.75, 3.05) is 38.0 Å². The lowest BCUT2D eigenvalue weighted by atomic mass is 9.95. The Balaban J connectivity index is 3.10. The lowest BCUT2D eigenvalue weighted by molar-refractivity contribution is -0.120. The Bertz CT molecular complexity index is 460. The quantitative estimate of drug-likeness (QED) is 0.821. The van der Waals surface area contributed by atoms with E-state index in [9.17, 15) is 4.79 Å². The summed E-state index contributed by atoms with van der Waals surface area (Å²) in [6.07, 6.45) is 1.65. The second-order valence-corrected chi connectivity index (χ2v) is 5.18. The van der Waals surface area contributed by atoms with E-state index < -0.39 is 0 Å². The Hall–Kier alpha value is -1.82. The fourth-order valence-electron chi connectivity index (χ4n) is 1.98. The summed E-state index contributed by atoms with van der Waals surface area (Å²) in [6.45, 7) is 4.26. The van der Waals surface area contributed by atoms with E-state index in [1.807, 2.05) is 38.9 Å². The molecule has 1 heterocycles. The normalized spacial score (nSPS) is 12.2. The van der Waals surface area contributed by atoms with Gasteiger partial charge in [-0.15, -0.1) is 0 Å². The largest absolute Gasteiger partial charge is 0.479 e. The summed E-state index contributed by atoms with van der Waals surface area (Å²) in [4.78, 5) is 18.4. The van der Waals surface area contributed by atoms with Crippen LogP contribution in [0, 0.1) is 11.8 Å². The summed E-state index contributed by atoms with van der Waals surface area (Å²) < 4.78 is 5.23. The molecule has 1 unspecified atom stereocenters. The van der Waals surface area contributed by atoms with Crippen LogP contribution in [0.5, 0.6) is 5.88 Å². The summed E-state index contributed by atoms with van der Waals surface area (Å²) in [5.41, 5.74) is 7.09. The number of carbonyl (C=O) groups is 1. The predicted octanol–water partition coefficient (Wildman–Crippen LogP) is 1.33. The molecule has 1 aromatic heterocycles. The Labute approximate surface area is 120 Å². The standard InChI is InChI=1S/C14H24N4O2/c1-9(2)10(8-15)13(19)17-12-11(18(3)4)6-7-16-14(12)20-5/h6-7,9-10H,8,15H2,1-5H3,(H,17,19). The van der Waals surface area contributed by atoms with Gasteiger partial charge in [0, 0.05) is 26.8 Å². The van der Waals surface area contributed by atoms with Crippen LogP contribution >= 0.6 is 0 Å². The Kier molecular flexibility index (Phi) is 5.76. The van der Waals surface area contributed by atoms with Gasteiger partial charge >= 0.3 is 0 Å². The minimum absolute atomic E-state index is 0.114. The smallest absolute Gasteiger partial charge is 0.239 e. The monoisotopic (exact) mass is 280 g/mol. The molecule has 0 fully saturated rings. The van der Waals surface area contributed by atoms with Crippen LogP contribution in [0.4, 0.5) is 11.4 Å². The highest BCUT2D eigenvalue weighted by atomic mass is 16.5. The maximum atomic E-state index is 12.3. The molecule has 0 aromatic carbocycles. The molecule has 0 spiro atoms. The van der Waals surface area contributed by atoms with E-state index in [-0.39, 0.29) is 17.7 Å². The van der Waals surface area contributed by atoms with Crippen LogP contribution in [-0.2, 0) is 4.79 Å². The van der Waals surface area contributed by atoms with Crippen molar-refractivity contribution in [3.05, 3.63) is 12.3 Å². The second-order valence-electron chi connectivity index (χ2n) is 5.18. The zero-order valence-electron chi connectivity index (χ0n) is 12.8. The summed E-state index contributed by atoms with van der Waals surface area (Å²) in [5, 5.41) is 2.90. The second kappa shape index (κ2) is 7.09. The Morgan fingerprint density at radius 1 is 1.50 bits per heavy atom. The highest BCUT2D eigenvalue weighted by Gasteiger charge is 2.23. The van der Waals surface area contributed by atoms with Crippen molar-refractivity contribution in [2.45, 2.75) is 13.8 Å². The van der Waals surface area contributed by atoms with Gasteiger partial charge in [0.05, 0.1) is 18.7 Å². The minimum atomic E-state index is -0.241. The Morgan fingerprint density at radius 2 is 2.15 bits per heavy atom. The fourth-order valence-corrected chi connectivity index (χ4v) is 1.98. The van der Waals surface area contributed by atoms with Gasteiger partial charge in [0.25, 0.3) is 0 Å². The van der Waals surface area contributed by atoms with Crippen LogP contribution in [0.1, 0.15) is 13.8 Å². The van der Waals surface area contributed by atoms with E-state index >= 15 is 0 Å². The number of carbonyl (C=O) groups excluding carboxylic acids is 1. The molecule has 1 aromatic rings. The molecular formula is C14H24N4O2. The van der Waals surface area contributed by atoms with Gasteiger partial charge in [-0.3, -0.25) is 4.79 Å². The van der Waals surface area contributed by atoms with Crippen molar-refractivity contribution >= 4 is 17.3 Å². The summed E-state index contributed by atoms with van der Waals surface area (Å²) in [7, 11) is 5.32. The topological polar surface area (TPSA) is 80.5 Å². The van der Waals surface area contributed by atoms with Crippen molar-refractivity contribution in [1.82, 2.24) is 4.98 Å². The third-order valence-corrected chi connectivity index (χ3v) is 3.21. The maximum Gasteiger partial charge on any atom is 0.239 e. The van der Waals surface area contributed by atoms with E-state index in [0.29, 0.717) is 18.1 Å². The molecule has 1 atom stereocenters. The number of ether oxygens (including phenoxy) is 1. The van der Waals surface area contributed by atoms with E-state index in [1.165, 1.54) is 7.11 Å². The van der Waals surface area contributed by atoms with Gasteiger partial charge in [0.2, 0.25) is 11.8 Å². The highest BCUT2D eigenvalue weighted by Crippen LogP contribution is 2.32. The van der Waals surface area contributed by atoms with Gasteiger partial charge in [-0.1, -0.05) is 13.8 Å². The van der Waals surface area contributed by atoms with Crippen molar-refractivity contribution in [2.24, 2.45) is 17.6 Å². The number of anilines is 2. The van der Waals surface area contributed by atoms with Gasteiger partial charge in [0.1, 0.15) is 5.69 Å². The van der Waals surface area contributed by atoms with E-state index in [1.54, 1.807) is 6.20 Å². The molecule has 0 radical (unpaired) electrons. The van der Waals surface area contributed by atoms with E-state index in [0.717, 1.165) is 5.69 Å². The number of hydrogen-bond acceptors (Lipinski definition) is 5. The summed E-state index contributed by atoms with van der Waals surface area (Å²) in [5.74, 6) is 0.210. The predicted molar refractivity (Wildman–Crippen MR) is 81.1 cm³/mol. The van der Waals surface area contributed by atoms with Gasteiger partial charge in [-0.05, 0) is 12.0 Å². The van der Waals surface area contributed by atoms with Gasteiger partial charge < -0.3 is 20.7 Å². The number of nitrogens with zero attached hydrogens (tertiary/aromatic N) is 2. The molecule has 6 heteroatoms. The molecule has 0 aliphatic heterocycles. The first-order valence-corrected chi connectivity index (χ1v) is 6.63. The average Bonchev–Trinajstić information content (AvgIpc) is 2.38. The van der Waals surface area contributed by atoms with Crippen LogP contribution in [0.25, 0.3) is 0 Å². The lowest BCUT2D eigenvalue weighted by Gasteiger charge is -2.22. The third kappa shape index (κ3) is 3.60. The van der Waals surface area contributed by atoms with Crippen molar-refractivity contribution in [3.8, 4) is 5.88 Å². The van der Waals surface area contributed by atoms with Crippen LogP contribution in [0.15, 0.2) is 12.3 Å². The number of pyridine rings is 1. The molecule has 0 bridgehead atoms. The van der Waals surface area contributed by atoms with Gasteiger partial charge in [-0.2, -0.15) is 0 Å². The molecule has 0 saturated carbocycles. The number of hydrogen-bond donors (Lipinski definition) is 2. The molecule has 0 saturated heterocycles. The first-order valence-electron chi connectivity index (χ1n) is 6.63. The highest BCUT2D eigenvalue weighted by molar-refractivity contribution is 5.97. The van der Waals surface area contributed by atoms with Crippen LogP contribution < -0.4 is 20.7 Å². The molecule has 1 rings (SSSR count). The first kappa shape index (κ1) is 16.2.